The van der Waals surface area contributed by atoms with E-state index in [4.69, 9.17) is 12.2 Å². The average Bonchev–Trinajstić information content (AvgIpc) is 2.40. The normalized spacial score (nSPS) is 11.6. The third-order valence-electron chi connectivity index (χ3n) is 2.93. The quantitative estimate of drug-likeness (QED) is 0.730. The van der Waals surface area contributed by atoms with E-state index in [0.29, 0.717) is 11.7 Å². The number of benzene rings is 1. The fourth-order valence-electron chi connectivity index (χ4n) is 1.69. The maximum absolute atomic E-state index is 11.7. The van der Waals surface area contributed by atoms with Crippen LogP contribution >= 0.6 is 12.2 Å². The minimum Gasteiger partial charge on any atom is -0.354 e. The first-order chi connectivity index (χ1) is 9.43. The zero-order chi connectivity index (χ0) is 15.1. The van der Waals surface area contributed by atoms with Gasteiger partial charge in [-0.3, -0.25) is 4.79 Å². The number of amides is 1. The van der Waals surface area contributed by atoms with Crippen molar-refractivity contribution in [3.8, 4) is 0 Å². The molecule has 110 valence electrons. The molecule has 0 saturated heterocycles. The van der Waals surface area contributed by atoms with Crippen LogP contribution in [0.15, 0.2) is 18.2 Å². The number of carbonyl (C=O) groups excluding carboxylic acids is 1. The predicted octanol–water partition coefficient (Wildman–Crippen LogP) is 2.50. The Bertz CT molecular complexity index is 488. The monoisotopic (exact) mass is 293 g/mol. The van der Waals surface area contributed by atoms with Crippen LogP contribution in [0.3, 0.4) is 0 Å². The van der Waals surface area contributed by atoms with Gasteiger partial charge < -0.3 is 16.0 Å². The van der Waals surface area contributed by atoms with E-state index in [1.165, 1.54) is 0 Å². The summed E-state index contributed by atoms with van der Waals surface area (Å²) in [7, 11) is 0. The van der Waals surface area contributed by atoms with Crippen molar-refractivity contribution in [1.82, 2.24) is 10.6 Å². The average molecular weight is 293 g/mol. The summed E-state index contributed by atoms with van der Waals surface area (Å²) in [5.41, 5.74) is 3.24. The molecule has 0 saturated carbocycles. The Hall–Kier alpha value is -1.62. The van der Waals surface area contributed by atoms with E-state index >= 15 is 0 Å². The summed E-state index contributed by atoms with van der Waals surface area (Å²) >= 11 is 5.24. The number of carbonyl (C=O) groups is 1. The number of thiocarbonyl (C=S) groups is 1. The smallest absolute Gasteiger partial charge is 0.242 e. The molecule has 1 aromatic rings. The van der Waals surface area contributed by atoms with Gasteiger partial charge in [-0.2, -0.15) is 0 Å². The Balaban J connectivity index is 2.55. The summed E-state index contributed by atoms with van der Waals surface area (Å²) in [5.74, 6) is -0.0445. The van der Waals surface area contributed by atoms with Crippen molar-refractivity contribution in [2.24, 2.45) is 0 Å². The molecular formula is C15H23N3OS. The highest BCUT2D eigenvalue weighted by molar-refractivity contribution is 7.80. The van der Waals surface area contributed by atoms with Gasteiger partial charge >= 0.3 is 0 Å². The molecule has 0 spiro atoms. The van der Waals surface area contributed by atoms with E-state index in [1.807, 2.05) is 32.9 Å². The van der Waals surface area contributed by atoms with Crippen molar-refractivity contribution < 1.29 is 4.79 Å². The van der Waals surface area contributed by atoms with Crippen LogP contribution in [0.1, 0.15) is 31.4 Å². The Morgan fingerprint density at radius 3 is 2.70 bits per heavy atom. The molecule has 3 N–H and O–H groups in total. The SMILES string of the molecule is CCCNC(=O)[C@H](C)NC(=S)Nc1cc(C)ccc1C. The van der Waals surface area contributed by atoms with Gasteiger partial charge in [0.2, 0.25) is 5.91 Å². The number of nitrogens with one attached hydrogen (secondary N) is 3. The lowest BCUT2D eigenvalue weighted by atomic mass is 10.1. The molecule has 1 rings (SSSR count). The third-order valence-corrected chi connectivity index (χ3v) is 3.15. The molecule has 0 aromatic heterocycles. The van der Waals surface area contributed by atoms with E-state index in [9.17, 15) is 4.79 Å². The zero-order valence-electron chi connectivity index (χ0n) is 12.5. The molecule has 0 aliphatic carbocycles. The van der Waals surface area contributed by atoms with Crippen molar-refractivity contribution in [3.63, 3.8) is 0 Å². The van der Waals surface area contributed by atoms with Gasteiger partial charge in [-0.25, -0.2) is 0 Å². The van der Waals surface area contributed by atoms with Crippen LogP contribution in [-0.2, 0) is 4.79 Å². The van der Waals surface area contributed by atoms with Gasteiger partial charge in [-0.15, -0.1) is 0 Å². The zero-order valence-corrected chi connectivity index (χ0v) is 13.4. The number of rotatable bonds is 5. The molecule has 5 heteroatoms. The first-order valence-electron chi connectivity index (χ1n) is 6.86. The van der Waals surface area contributed by atoms with Crippen LogP contribution in [0.25, 0.3) is 0 Å². The number of hydrogen-bond acceptors (Lipinski definition) is 2. The topological polar surface area (TPSA) is 53.2 Å². The summed E-state index contributed by atoms with van der Waals surface area (Å²) in [6.07, 6.45) is 0.920. The van der Waals surface area contributed by atoms with Crippen LogP contribution in [-0.4, -0.2) is 23.6 Å². The molecule has 1 amide bonds. The highest BCUT2D eigenvalue weighted by Crippen LogP contribution is 2.16. The Morgan fingerprint density at radius 2 is 2.05 bits per heavy atom. The fraction of sp³-hybridized carbons (Fsp3) is 0.467. The van der Waals surface area contributed by atoms with E-state index in [0.717, 1.165) is 23.2 Å². The molecule has 20 heavy (non-hydrogen) atoms. The van der Waals surface area contributed by atoms with E-state index < -0.39 is 0 Å². The molecule has 0 aliphatic rings. The van der Waals surface area contributed by atoms with Gasteiger partial charge in [0.1, 0.15) is 6.04 Å². The highest BCUT2D eigenvalue weighted by Gasteiger charge is 2.13. The molecule has 0 aliphatic heterocycles. The molecule has 1 atom stereocenters. The van der Waals surface area contributed by atoms with Crippen molar-refractivity contribution in [2.45, 2.75) is 40.2 Å². The van der Waals surface area contributed by atoms with Crippen LogP contribution in [0, 0.1) is 13.8 Å². The lowest BCUT2D eigenvalue weighted by molar-refractivity contribution is -0.122. The van der Waals surface area contributed by atoms with Crippen molar-refractivity contribution in [1.29, 1.82) is 0 Å². The molecule has 0 fully saturated rings. The molecule has 1 aromatic carbocycles. The summed E-state index contributed by atoms with van der Waals surface area (Å²) in [6.45, 7) is 8.54. The standard InChI is InChI=1S/C15H23N3OS/c1-5-8-16-14(19)12(4)17-15(20)18-13-9-10(2)6-7-11(13)3/h6-7,9,12H,5,8H2,1-4H3,(H,16,19)(H2,17,18,20)/t12-/m0/s1. The van der Waals surface area contributed by atoms with Gasteiger partial charge in [0.25, 0.3) is 0 Å². The van der Waals surface area contributed by atoms with E-state index in [-0.39, 0.29) is 11.9 Å². The molecule has 0 heterocycles. The van der Waals surface area contributed by atoms with Crippen LogP contribution in [0.4, 0.5) is 5.69 Å². The molecular weight excluding hydrogens is 270 g/mol. The Morgan fingerprint density at radius 1 is 1.35 bits per heavy atom. The lowest BCUT2D eigenvalue weighted by Gasteiger charge is -2.17. The van der Waals surface area contributed by atoms with Gasteiger partial charge in [0.05, 0.1) is 0 Å². The van der Waals surface area contributed by atoms with Gasteiger partial charge in [-0.1, -0.05) is 19.1 Å². The Kier molecular flexibility index (Phi) is 6.45. The number of anilines is 1. The molecule has 4 nitrogen and oxygen atoms in total. The highest BCUT2D eigenvalue weighted by atomic mass is 32.1. The first-order valence-corrected chi connectivity index (χ1v) is 7.27. The fourth-order valence-corrected chi connectivity index (χ4v) is 1.98. The molecule has 0 radical (unpaired) electrons. The predicted molar refractivity (Wildman–Crippen MR) is 88.0 cm³/mol. The van der Waals surface area contributed by atoms with E-state index in [2.05, 4.69) is 22.0 Å². The maximum Gasteiger partial charge on any atom is 0.242 e. The summed E-state index contributed by atoms with van der Waals surface area (Å²) in [5, 5.41) is 9.41. The largest absolute Gasteiger partial charge is 0.354 e. The van der Waals surface area contributed by atoms with Crippen molar-refractivity contribution in [3.05, 3.63) is 29.3 Å². The summed E-state index contributed by atoms with van der Waals surface area (Å²) in [4.78, 5) is 11.7. The second-order valence-corrected chi connectivity index (χ2v) is 5.34. The number of hydrogen-bond donors (Lipinski definition) is 3. The van der Waals surface area contributed by atoms with Crippen molar-refractivity contribution >= 4 is 28.9 Å². The minimum absolute atomic E-state index is 0.0445. The van der Waals surface area contributed by atoms with Gasteiger partial charge in [0, 0.05) is 12.2 Å². The summed E-state index contributed by atoms with van der Waals surface area (Å²) < 4.78 is 0. The van der Waals surface area contributed by atoms with E-state index in [1.54, 1.807) is 6.92 Å². The first kappa shape index (κ1) is 16.4. The second-order valence-electron chi connectivity index (χ2n) is 4.93. The van der Waals surface area contributed by atoms with Crippen LogP contribution < -0.4 is 16.0 Å². The minimum atomic E-state index is -0.355. The van der Waals surface area contributed by atoms with Crippen LogP contribution in [0.5, 0.6) is 0 Å². The Labute approximate surface area is 126 Å². The molecule has 0 unspecified atom stereocenters. The van der Waals surface area contributed by atoms with Gasteiger partial charge in [0.15, 0.2) is 5.11 Å². The third kappa shape index (κ3) is 5.17. The van der Waals surface area contributed by atoms with Gasteiger partial charge in [-0.05, 0) is 56.6 Å². The number of aryl methyl sites for hydroxylation is 2. The lowest BCUT2D eigenvalue weighted by Crippen LogP contribution is -2.46. The summed E-state index contributed by atoms with van der Waals surface area (Å²) in [6, 6.07) is 5.77. The van der Waals surface area contributed by atoms with Crippen molar-refractivity contribution in [2.75, 3.05) is 11.9 Å². The maximum atomic E-state index is 11.7. The second kappa shape index (κ2) is 7.85. The van der Waals surface area contributed by atoms with Crippen LogP contribution in [0.2, 0.25) is 0 Å². The molecule has 0 bridgehead atoms.